The Morgan fingerprint density at radius 2 is 2.00 bits per heavy atom. The number of nitrogens with zero attached hydrogens (tertiary/aromatic N) is 5. The fraction of sp³-hybridized carbons (Fsp3) is 0.222. The van der Waals surface area contributed by atoms with E-state index < -0.39 is 17.6 Å². The zero-order valence-electron chi connectivity index (χ0n) is 14.8. The summed E-state index contributed by atoms with van der Waals surface area (Å²) in [5.41, 5.74) is 0.786. The molecule has 2 aromatic heterocycles. The van der Waals surface area contributed by atoms with Gasteiger partial charge in [0.1, 0.15) is 5.56 Å². The number of alkyl halides is 3. The third kappa shape index (κ3) is 3.67. The number of aliphatic imine (C=N–C) groups is 1. The quantitative estimate of drug-likeness (QED) is 0.520. The van der Waals surface area contributed by atoms with Gasteiger partial charge in [-0.15, -0.1) is 0 Å². The van der Waals surface area contributed by atoms with Crippen molar-refractivity contribution >= 4 is 17.9 Å². The number of carbonyl (C=O) groups excluding carboxylic acids is 1. The second-order valence-corrected chi connectivity index (χ2v) is 6.12. The van der Waals surface area contributed by atoms with Crippen molar-refractivity contribution in [1.82, 2.24) is 19.5 Å². The first kappa shape index (κ1) is 18.6. The van der Waals surface area contributed by atoms with Crippen molar-refractivity contribution in [2.45, 2.75) is 13.1 Å². The summed E-state index contributed by atoms with van der Waals surface area (Å²) >= 11 is 0. The first-order chi connectivity index (χ1) is 12.7. The minimum atomic E-state index is -4.45. The third-order valence-electron chi connectivity index (χ3n) is 3.80. The highest BCUT2D eigenvalue weighted by Crippen LogP contribution is 2.32. The van der Waals surface area contributed by atoms with Crippen LogP contribution in [0.15, 0.2) is 41.5 Å². The zero-order valence-corrected chi connectivity index (χ0v) is 14.8. The summed E-state index contributed by atoms with van der Waals surface area (Å²) in [6.07, 6.45) is -1.66. The smallest absolute Gasteiger partial charge is 0.369 e. The number of halogens is 3. The second kappa shape index (κ2) is 6.82. The van der Waals surface area contributed by atoms with Crippen LogP contribution in [0.1, 0.15) is 21.6 Å². The lowest BCUT2D eigenvalue weighted by molar-refractivity contribution is -0.137. The molecule has 1 aromatic carbocycles. The van der Waals surface area contributed by atoms with E-state index in [0.717, 1.165) is 12.1 Å². The van der Waals surface area contributed by atoms with Crippen LogP contribution in [0.2, 0.25) is 0 Å². The van der Waals surface area contributed by atoms with Crippen LogP contribution in [-0.4, -0.2) is 45.8 Å². The summed E-state index contributed by atoms with van der Waals surface area (Å²) in [5, 5.41) is 4.29. The van der Waals surface area contributed by atoms with Crippen LogP contribution in [0.5, 0.6) is 0 Å². The van der Waals surface area contributed by atoms with E-state index in [-0.39, 0.29) is 11.2 Å². The normalized spacial score (nSPS) is 12.1. The van der Waals surface area contributed by atoms with E-state index in [2.05, 4.69) is 15.1 Å². The number of aromatic nitrogens is 3. The van der Waals surface area contributed by atoms with Crippen molar-refractivity contribution in [2.24, 2.45) is 4.99 Å². The first-order valence-corrected chi connectivity index (χ1v) is 7.95. The molecule has 3 aromatic rings. The van der Waals surface area contributed by atoms with Gasteiger partial charge in [0.25, 0.3) is 5.91 Å². The summed E-state index contributed by atoms with van der Waals surface area (Å²) in [6.45, 7) is 1.63. The Kier molecular flexibility index (Phi) is 4.69. The highest BCUT2D eigenvalue weighted by Gasteiger charge is 2.30. The van der Waals surface area contributed by atoms with Crippen LogP contribution in [-0.2, 0) is 6.18 Å². The molecular weight excluding hydrogens is 359 g/mol. The summed E-state index contributed by atoms with van der Waals surface area (Å²) in [7, 11) is 3.45. The lowest BCUT2D eigenvalue weighted by Gasteiger charge is -2.09. The molecule has 27 heavy (non-hydrogen) atoms. The van der Waals surface area contributed by atoms with Crippen molar-refractivity contribution in [3.8, 4) is 11.3 Å². The number of benzene rings is 1. The van der Waals surface area contributed by atoms with Gasteiger partial charge < -0.3 is 4.90 Å². The molecule has 0 atom stereocenters. The van der Waals surface area contributed by atoms with Gasteiger partial charge in [-0.3, -0.25) is 4.79 Å². The molecule has 9 heteroatoms. The molecule has 0 spiro atoms. The molecule has 0 N–H and O–H groups in total. The van der Waals surface area contributed by atoms with Gasteiger partial charge in [-0.2, -0.15) is 23.3 Å². The lowest BCUT2D eigenvalue weighted by atomic mass is 10.1. The Morgan fingerprint density at radius 3 is 2.67 bits per heavy atom. The minimum Gasteiger partial charge on any atom is -0.369 e. The van der Waals surface area contributed by atoms with Crippen LogP contribution in [0.3, 0.4) is 0 Å². The maximum atomic E-state index is 13.0. The van der Waals surface area contributed by atoms with Crippen molar-refractivity contribution < 1.29 is 18.0 Å². The summed E-state index contributed by atoms with van der Waals surface area (Å²) < 4.78 is 40.4. The fourth-order valence-electron chi connectivity index (χ4n) is 2.61. The number of hydrogen-bond acceptors (Lipinski definition) is 3. The number of rotatable bonds is 3. The Hall–Kier alpha value is -3.23. The standard InChI is InChI=1S/C18H16F3N5O/c1-11-15(17(27)23-10-25(2)3)16-22-8-7-14(26(16)24-11)12-5-4-6-13(9-12)18(19,20)21/h4-10H,1-3H3. The Morgan fingerprint density at radius 1 is 1.26 bits per heavy atom. The predicted molar refractivity (Wildman–Crippen MR) is 94.7 cm³/mol. The molecule has 0 saturated heterocycles. The lowest BCUT2D eigenvalue weighted by Crippen LogP contribution is -2.10. The summed E-state index contributed by atoms with van der Waals surface area (Å²) in [6, 6.07) is 6.46. The summed E-state index contributed by atoms with van der Waals surface area (Å²) in [5.74, 6) is -0.523. The van der Waals surface area contributed by atoms with Gasteiger partial charge in [0.05, 0.1) is 23.3 Å². The molecular formula is C18H16F3N5O. The molecule has 6 nitrogen and oxygen atoms in total. The Balaban J connectivity index is 2.15. The molecule has 0 fully saturated rings. The Labute approximate surface area is 153 Å². The van der Waals surface area contributed by atoms with Gasteiger partial charge in [0.2, 0.25) is 0 Å². The molecule has 1 amide bonds. The maximum absolute atomic E-state index is 13.0. The first-order valence-electron chi connectivity index (χ1n) is 7.95. The fourth-order valence-corrected chi connectivity index (χ4v) is 2.61. The molecule has 0 unspecified atom stereocenters. The highest BCUT2D eigenvalue weighted by molar-refractivity contribution is 6.04. The number of aryl methyl sites for hydroxylation is 1. The number of amides is 1. The van der Waals surface area contributed by atoms with Gasteiger partial charge in [-0.25, -0.2) is 9.50 Å². The molecule has 3 rings (SSSR count). The predicted octanol–water partition coefficient (Wildman–Crippen LogP) is 3.45. The van der Waals surface area contributed by atoms with E-state index in [9.17, 15) is 18.0 Å². The largest absolute Gasteiger partial charge is 0.416 e. The molecule has 0 radical (unpaired) electrons. The van der Waals surface area contributed by atoms with Crippen molar-refractivity contribution in [3.63, 3.8) is 0 Å². The van der Waals surface area contributed by atoms with E-state index >= 15 is 0 Å². The van der Waals surface area contributed by atoms with Crippen molar-refractivity contribution in [3.05, 3.63) is 53.3 Å². The number of carbonyl (C=O) groups is 1. The van der Waals surface area contributed by atoms with E-state index in [1.54, 1.807) is 38.1 Å². The van der Waals surface area contributed by atoms with Gasteiger partial charge in [0, 0.05) is 25.9 Å². The average Bonchev–Trinajstić information content (AvgIpc) is 2.94. The molecule has 0 aliphatic heterocycles. The van der Waals surface area contributed by atoms with Gasteiger partial charge in [0.15, 0.2) is 5.65 Å². The second-order valence-electron chi connectivity index (χ2n) is 6.12. The van der Waals surface area contributed by atoms with E-state index in [1.165, 1.54) is 23.1 Å². The van der Waals surface area contributed by atoms with Crippen LogP contribution in [0.25, 0.3) is 16.9 Å². The maximum Gasteiger partial charge on any atom is 0.416 e. The van der Waals surface area contributed by atoms with Gasteiger partial charge >= 0.3 is 6.18 Å². The van der Waals surface area contributed by atoms with Crippen LogP contribution in [0, 0.1) is 6.92 Å². The zero-order chi connectivity index (χ0) is 19.8. The average molecular weight is 375 g/mol. The number of fused-ring (bicyclic) bond motifs is 1. The monoisotopic (exact) mass is 375 g/mol. The molecule has 0 aliphatic carbocycles. The third-order valence-corrected chi connectivity index (χ3v) is 3.80. The van der Waals surface area contributed by atoms with Crippen LogP contribution >= 0.6 is 0 Å². The van der Waals surface area contributed by atoms with Gasteiger partial charge in [-0.05, 0) is 25.1 Å². The minimum absolute atomic E-state index is 0.210. The molecule has 140 valence electrons. The van der Waals surface area contributed by atoms with Crippen LogP contribution in [0.4, 0.5) is 13.2 Å². The van der Waals surface area contributed by atoms with E-state index in [0.29, 0.717) is 17.0 Å². The highest BCUT2D eigenvalue weighted by atomic mass is 19.4. The van der Waals surface area contributed by atoms with Gasteiger partial charge in [-0.1, -0.05) is 12.1 Å². The number of hydrogen-bond donors (Lipinski definition) is 0. The SMILES string of the molecule is Cc1nn2c(-c3cccc(C(F)(F)F)c3)ccnc2c1C(=O)N=CN(C)C. The molecule has 0 bridgehead atoms. The topological polar surface area (TPSA) is 62.9 Å². The Bertz CT molecular complexity index is 1040. The van der Waals surface area contributed by atoms with E-state index in [1.807, 2.05) is 0 Å². The molecule has 0 saturated carbocycles. The van der Waals surface area contributed by atoms with Crippen molar-refractivity contribution in [1.29, 1.82) is 0 Å². The molecule has 2 heterocycles. The van der Waals surface area contributed by atoms with Crippen LogP contribution < -0.4 is 0 Å². The summed E-state index contributed by atoms with van der Waals surface area (Å²) in [4.78, 5) is 22.0. The van der Waals surface area contributed by atoms with Crippen molar-refractivity contribution in [2.75, 3.05) is 14.1 Å². The molecule has 0 aliphatic rings. The van der Waals surface area contributed by atoms with E-state index in [4.69, 9.17) is 0 Å².